The van der Waals surface area contributed by atoms with E-state index in [2.05, 4.69) is 36.0 Å². The van der Waals surface area contributed by atoms with Crippen LogP contribution in [0.25, 0.3) is 0 Å². The minimum atomic E-state index is -0.122. The Morgan fingerprint density at radius 1 is 1.39 bits per heavy atom. The Hall–Kier alpha value is -1.30. The van der Waals surface area contributed by atoms with Gasteiger partial charge in [0.05, 0.1) is 19.1 Å². The molecular weight excluding hydrogens is 294 g/mol. The summed E-state index contributed by atoms with van der Waals surface area (Å²) in [6.07, 6.45) is 1.47. The molecule has 2 aliphatic heterocycles. The Balaban J connectivity index is 1.66. The topological polar surface area (TPSA) is 63.2 Å². The lowest BCUT2D eigenvalue weighted by Gasteiger charge is -2.55. The van der Waals surface area contributed by atoms with Crippen LogP contribution in [-0.4, -0.2) is 62.8 Å². The number of nitrogens with one attached hydrogen (secondary N) is 1. The molecule has 23 heavy (non-hydrogen) atoms. The van der Waals surface area contributed by atoms with Gasteiger partial charge in [0.25, 0.3) is 0 Å². The Morgan fingerprint density at radius 3 is 2.78 bits per heavy atom. The van der Waals surface area contributed by atoms with Gasteiger partial charge in [-0.25, -0.2) is 0 Å². The number of guanidine groups is 1. The average Bonchev–Trinajstić information content (AvgIpc) is 3.13. The van der Waals surface area contributed by atoms with Gasteiger partial charge >= 0.3 is 5.97 Å². The highest BCUT2D eigenvalue weighted by atomic mass is 16.5. The zero-order valence-corrected chi connectivity index (χ0v) is 14.8. The van der Waals surface area contributed by atoms with E-state index in [-0.39, 0.29) is 23.2 Å². The summed E-state index contributed by atoms with van der Waals surface area (Å²) in [5, 5.41) is 3.65. The summed E-state index contributed by atoms with van der Waals surface area (Å²) in [5.74, 6) is 1.54. The summed E-state index contributed by atoms with van der Waals surface area (Å²) in [4.78, 5) is 18.5. The molecule has 1 N–H and O–H groups in total. The number of nitrogens with zero attached hydrogens (tertiary/aromatic N) is 2. The van der Waals surface area contributed by atoms with E-state index in [1.807, 2.05) is 7.05 Å². The van der Waals surface area contributed by atoms with E-state index in [4.69, 9.17) is 9.47 Å². The first-order valence-electron chi connectivity index (χ1n) is 8.57. The van der Waals surface area contributed by atoms with Gasteiger partial charge in [-0.2, -0.15) is 0 Å². The number of likely N-dealkylation sites (tertiary alicyclic amines) is 1. The molecule has 5 atom stereocenters. The van der Waals surface area contributed by atoms with Crippen molar-refractivity contribution < 1.29 is 14.3 Å². The van der Waals surface area contributed by atoms with E-state index < -0.39 is 0 Å². The Labute approximate surface area is 138 Å². The monoisotopic (exact) mass is 323 g/mol. The molecule has 2 saturated heterocycles. The number of hydrogen-bond donors (Lipinski definition) is 1. The molecule has 3 rings (SSSR count). The molecule has 2 heterocycles. The fourth-order valence-corrected chi connectivity index (χ4v) is 4.65. The van der Waals surface area contributed by atoms with E-state index in [0.717, 1.165) is 25.5 Å². The third kappa shape index (κ3) is 2.61. The molecule has 0 radical (unpaired) electrons. The van der Waals surface area contributed by atoms with Crippen LogP contribution in [-0.2, 0) is 14.3 Å². The number of carbonyl (C=O) groups is 1. The smallest absolute Gasteiger partial charge is 0.310 e. The van der Waals surface area contributed by atoms with Gasteiger partial charge in [-0.15, -0.1) is 0 Å². The maximum Gasteiger partial charge on any atom is 0.310 e. The van der Waals surface area contributed by atoms with Crippen molar-refractivity contribution in [1.29, 1.82) is 0 Å². The minimum absolute atomic E-state index is 0.0736. The zero-order valence-electron chi connectivity index (χ0n) is 14.8. The van der Waals surface area contributed by atoms with Gasteiger partial charge in [0.2, 0.25) is 0 Å². The zero-order chi connectivity index (χ0) is 16.8. The third-order valence-electron chi connectivity index (χ3n) is 6.01. The van der Waals surface area contributed by atoms with Crippen molar-refractivity contribution in [3.05, 3.63) is 0 Å². The fraction of sp³-hybridized carbons (Fsp3) is 0.882. The van der Waals surface area contributed by atoms with Crippen LogP contribution < -0.4 is 5.32 Å². The lowest BCUT2D eigenvalue weighted by atomic mass is 9.57. The van der Waals surface area contributed by atoms with E-state index in [0.29, 0.717) is 24.6 Å². The number of ether oxygens (including phenoxy) is 2. The minimum Gasteiger partial charge on any atom is -0.469 e. The lowest BCUT2D eigenvalue weighted by molar-refractivity contribution is -0.146. The van der Waals surface area contributed by atoms with Gasteiger partial charge in [0.15, 0.2) is 5.96 Å². The number of rotatable bonds is 2. The summed E-state index contributed by atoms with van der Waals surface area (Å²) in [6.45, 7) is 8.98. The van der Waals surface area contributed by atoms with Crippen molar-refractivity contribution in [3.8, 4) is 0 Å². The molecule has 5 unspecified atom stereocenters. The molecule has 3 fully saturated rings. The van der Waals surface area contributed by atoms with Crippen LogP contribution in [0.4, 0.5) is 0 Å². The second-order valence-corrected chi connectivity index (χ2v) is 7.75. The maximum absolute atomic E-state index is 11.9. The number of methoxy groups -OCH3 is 1. The van der Waals surface area contributed by atoms with E-state index >= 15 is 0 Å². The standard InChI is InChI=1S/C17H29N3O3/c1-10-8-20(9-12(10)15(21)22-5)16(18-4)19-13-11-6-7-23-14(11)17(13,2)3/h10-14H,6-9H2,1-5H3,(H,18,19). The predicted molar refractivity (Wildman–Crippen MR) is 88.2 cm³/mol. The van der Waals surface area contributed by atoms with Crippen LogP contribution in [0.1, 0.15) is 27.2 Å². The quantitative estimate of drug-likeness (QED) is 0.469. The Bertz CT molecular complexity index is 505. The maximum atomic E-state index is 11.9. The van der Waals surface area contributed by atoms with Crippen LogP contribution in [0.2, 0.25) is 0 Å². The normalized spacial score (nSPS) is 38.9. The first-order valence-corrected chi connectivity index (χ1v) is 8.57. The van der Waals surface area contributed by atoms with Crippen molar-refractivity contribution in [2.45, 2.75) is 39.3 Å². The van der Waals surface area contributed by atoms with Crippen LogP contribution in [0.3, 0.4) is 0 Å². The first kappa shape index (κ1) is 16.6. The number of hydrogen-bond acceptors (Lipinski definition) is 4. The van der Waals surface area contributed by atoms with Crippen molar-refractivity contribution in [1.82, 2.24) is 10.2 Å². The van der Waals surface area contributed by atoms with Crippen molar-refractivity contribution in [3.63, 3.8) is 0 Å². The van der Waals surface area contributed by atoms with Crippen LogP contribution in [0.15, 0.2) is 4.99 Å². The average molecular weight is 323 g/mol. The highest BCUT2D eigenvalue weighted by molar-refractivity contribution is 5.82. The fourth-order valence-electron chi connectivity index (χ4n) is 4.65. The van der Waals surface area contributed by atoms with Gasteiger partial charge in [-0.05, 0) is 12.3 Å². The second-order valence-electron chi connectivity index (χ2n) is 7.75. The predicted octanol–water partition coefficient (Wildman–Crippen LogP) is 1.12. The van der Waals surface area contributed by atoms with Crippen LogP contribution in [0.5, 0.6) is 0 Å². The van der Waals surface area contributed by atoms with Crippen molar-refractivity contribution >= 4 is 11.9 Å². The highest BCUT2D eigenvalue weighted by Gasteiger charge is 2.59. The van der Waals surface area contributed by atoms with Crippen molar-refractivity contribution in [2.24, 2.45) is 28.2 Å². The number of aliphatic imine (C=N–C) groups is 1. The van der Waals surface area contributed by atoms with E-state index in [1.165, 1.54) is 7.11 Å². The summed E-state index contributed by atoms with van der Waals surface area (Å²) < 4.78 is 10.8. The molecule has 3 aliphatic rings. The molecule has 6 nitrogen and oxygen atoms in total. The lowest BCUT2D eigenvalue weighted by Crippen LogP contribution is -2.68. The van der Waals surface area contributed by atoms with Gasteiger partial charge < -0.3 is 19.7 Å². The number of fused-ring (bicyclic) bond motifs is 1. The third-order valence-corrected chi connectivity index (χ3v) is 6.01. The molecule has 0 bridgehead atoms. The first-order chi connectivity index (χ1) is 10.9. The van der Waals surface area contributed by atoms with Crippen LogP contribution in [0, 0.1) is 23.2 Å². The molecule has 0 spiro atoms. The molecular formula is C17H29N3O3. The number of carbonyl (C=O) groups excluding carboxylic acids is 1. The molecule has 6 heteroatoms. The van der Waals surface area contributed by atoms with Gasteiger partial charge in [-0.1, -0.05) is 20.8 Å². The number of esters is 1. The Kier molecular flexibility index (Phi) is 4.29. The molecule has 0 aromatic heterocycles. The van der Waals surface area contributed by atoms with Gasteiger partial charge in [-0.3, -0.25) is 9.79 Å². The summed E-state index contributed by atoms with van der Waals surface area (Å²) in [6, 6.07) is 0.376. The van der Waals surface area contributed by atoms with E-state index in [9.17, 15) is 4.79 Å². The molecule has 1 saturated carbocycles. The molecule has 0 amide bonds. The molecule has 0 aromatic rings. The van der Waals surface area contributed by atoms with Gasteiger partial charge in [0.1, 0.15) is 0 Å². The van der Waals surface area contributed by atoms with E-state index in [1.54, 1.807) is 0 Å². The molecule has 0 aromatic carbocycles. The van der Waals surface area contributed by atoms with Crippen molar-refractivity contribution in [2.75, 3.05) is 33.9 Å². The SMILES string of the molecule is CN=C(NC1C2CCOC2C1(C)C)N1CC(C)C(C(=O)OC)C1. The highest BCUT2D eigenvalue weighted by Crippen LogP contribution is 2.52. The largest absolute Gasteiger partial charge is 0.469 e. The summed E-state index contributed by atoms with van der Waals surface area (Å²) in [7, 11) is 3.27. The van der Waals surface area contributed by atoms with Crippen LogP contribution >= 0.6 is 0 Å². The Morgan fingerprint density at radius 2 is 2.13 bits per heavy atom. The second kappa shape index (κ2) is 5.96. The summed E-state index contributed by atoms with van der Waals surface area (Å²) >= 11 is 0. The van der Waals surface area contributed by atoms with Gasteiger partial charge in [0, 0.05) is 44.1 Å². The molecule has 1 aliphatic carbocycles. The molecule has 130 valence electrons. The summed E-state index contributed by atoms with van der Waals surface area (Å²) in [5.41, 5.74) is 0.115.